The molecule has 0 spiro atoms. The topological polar surface area (TPSA) is 62.4 Å². The molecule has 1 heterocycles. The summed E-state index contributed by atoms with van der Waals surface area (Å²) in [6.45, 7) is 1.95. The van der Waals surface area contributed by atoms with Gasteiger partial charge in [0.05, 0.1) is 7.11 Å². The summed E-state index contributed by atoms with van der Waals surface area (Å²) in [5.41, 5.74) is 9.08. The number of benzene rings is 2. The number of rotatable bonds is 4. The van der Waals surface area contributed by atoms with Crippen LogP contribution in [-0.4, -0.2) is 19.1 Å². The predicted octanol–water partition coefficient (Wildman–Crippen LogP) is 3.20. The zero-order chi connectivity index (χ0) is 17.1. The minimum Gasteiger partial charge on any atom is -0.497 e. The summed E-state index contributed by atoms with van der Waals surface area (Å²) in [5, 5.41) is 3.67. The number of nitrogens with one attached hydrogen (secondary N) is 3. The molecule has 0 aromatic heterocycles. The highest BCUT2D eigenvalue weighted by Crippen LogP contribution is 2.26. The Bertz CT molecular complexity index is 734. The van der Waals surface area contributed by atoms with Crippen LogP contribution in [0.4, 0.5) is 5.69 Å². The van der Waals surface area contributed by atoms with Gasteiger partial charge in [-0.25, -0.2) is 10.9 Å². The molecule has 1 fully saturated rings. The van der Waals surface area contributed by atoms with E-state index in [0.717, 1.165) is 16.8 Å². The molecule has 2 unspecified atom stereocenters. The number of carbonyl (C=O) groups is 1. The molecule has 1 aliphatic rings. The first kappa shape index (κ1) is 16.8. The van der Waals surface area contributed by atoms with Gasteiger partial charge in [-0.15, -0.1) is 0 Å². The molecule has 24 heavy (non-hydrogen) atoms. The molecule has 1 saturated heterocycles. The Labute approximate surface area is 146 Å². The number of anilines is 1. The average molecular weight is 346 g/mol. The SMILES string of the molecule is COc1ccc(C)c(NC(=O)C2CC(c3ccc(Cl)cc3)NN2)c1. The van der Waals surface area contributed by atoms with Gasteiger partial charge < -0.3 is 10.1 Å². The highest BCUT2D eigenvalue weighted by Gasteiger charge is 2.30. The highest BCUT2D eigenvalue weighted by molar-refractivity contribution is 6.30. The van der Waals surface area contributed by atoms with E-state index in [0.29, 0.717) is 17.2 Å². The van der Waals surface area contributed by atoms with Crippen LogP contribution in [0.2, 0.25) is 5.02 Å². The van der Waals surface area contributed by atoms with Gasteiger partial charge in [-0.05, 0) is 42.7 Å². The van der Waals surface area contributed by atoms with Crippen molar-refractivity contribution in [3.8, 4) is 5.75 Å². The van der Waals surface area contributed by atoms with Crippen LogP contribution in [-0.2, 0) is 4.79 Å². The third-order valence-corrected chi connectivity index (χ3v) is 4.45. The van der Waals surface area contributed by atoms with Crippen molar-refractivity contribution >= 4 is 23.2 Å². The number of hydrogen-bond donors (Lipinski definition) is 3. The molecule has 0 aliphatic carbocycles. The first-order chi connectivity index (χ1) is 11.6. The maximum absolute atomic E-state index is 12.5. The van der Waals surface area contributed by atoms with E-state index in [1.807, 2.05) is 49.4 Å². The molecule has 0 bridgehead atoms. The fraction of sp³-hybridized carbons (Fsp3) is 0.278. The molecule has 3 rings (SSSR count). The number of amides is 1. The summed E-state index contributed by atoms with van der Waals surface area (Å²) < 4.78 is 5.21. The van der Waals surface area contributed by atoms with Gasteiger partial charge in [0.2, 0.25) is 5.91 Å². The Morgan fingerprint density at radius 2 is 1.96 bits per heavy atom. The first-order valence-corrected chi connectivity index (χ1v) is 8.16. The van der Waals surface area contributed by atoms with Crippen LogP contribution in [0, 0.1) is 6.92 Å². The predicted molar refractivity (Wildman–Crippen MR) is 95.2 cm³/mol. The van der Waals surface area contributed by atoms with Crippen LogP contribution in [0.15, 0.2) is 42.5 Å². The van der Waals surface area contributed by atoms with Gasteiger partial charge in [-0.1, -0.05) is 29.8 Å². The van der Waals surface area contributed by atoms with E-state index >= 15 is 0 Å². The van der Waals surface area contributed by atoms with E-state index in [1.165, 1.54) is 0 Å². The molecule has 126 valence electrons. The fourth-order valence-corrected chi connectivity index (χ4v) is 2.85. The Hall–Kier alpha value is -2.08. The van der Waals surface area contributed by atoms with Crippen LogP contribution in [0.5, 0.6) is 5.75 Å². The van der Waals surface area contributed by atoms with Crippen molar-refractivity contribution in [3.05, 3.63) is 58.6 Å². The minimum absolute atomic E-state index is 0.0735. The van der Waals surface area contributed by atoms with Crippen LogP contribution >= 0.6 is 11.6 Å². The monoisotopic (exact) mass is 345 g/mol. The highest BCUT2D eigenvalue weighted by atomic mass is 35.5. The van der Waals surface area contributed by atoms with Crippen molar-refractivity contribution in [3.63, 3.8) is 0 Å². The molecule has 2 aromatic carbocycles. The lowest BCUT2D eigenvalue weighted by Crippen LogP contribution is -2.39. The molecular weight excluding hydrogens is 326 g/mol. The minimum atomic E-state index is -0.309. The van der Waals surface area contributed by atoms with Crippen molar-refractivity contribution < 1.29 is 9.53 Å². The second-order valence-corrected chi connectivity index (χ2v) is 6.29. The van der Waals surface area contributed by atoms with E-state index in [2.05, 4.69) is 16.2 Å². The van der Waals surface area contributed by atoms with Gasteiger partial charge in [0.1, 0.15) is 11.8 Å². The van der Waals surface area contributed by atoms with Crippen molar-refractivity contribution in [1.82, 2.24) is 10.9 Å². The third kappa shape index (κ3) is 3.70. The summed E-state index contributed by atoms with van der Waals surface area (Å²) in [7, 11) is 1.61. The van der Waals surface area contributed by atoms with Crippen LogP contribution < -0.4 is 20.9 Å². The van der Waals surface area contributed by atoms with Gasteiger partial charge >= 0.3 is 0 Å². The molecule has 6 heteroatoms. The standard InChI is InChI=1S/C18H20ClN3O2/c1-11-3-8-14(24-2)9-15(11)20-18(23)17-10-16(21-22-17)12-4-6-13(19)7-5-12/h3-9,16-17,21-22H,10H2,1-2H3,(H,20,23). The van der Waals surface area contributed by atoms with E-state index in [4.69, 9.17) is 16.3 Å². The third-order valence-electron chi connectivity index (χ3n) is 4.19. The number of halogens is 1. The Morgan fingerprint density at radius 3 is 2.67 bits per heavy atom. The van der Waals surface area contributed by atoms with E-state index in [-0.39, 0.29) is 18.0 Å². The van der Waals surface area contributed by atoms with Crippen molar-refractivity contribution in [2.45, 2.75) is 25.4 Å². The number of hydrogen-bond acceptors (Lipinski definition) is 4. The van der Waals surface area contributed by atoms with Gasteiger partial charge in [0.25, 0.3) is 0 Å². The Balaban J connectivity index is 1.65. The maximum atomic E-state index is 12.5. The molecule has 2 aromatic rings. The molecule has 0 saturated carbocycles. The lowest BCUT2D eigenvalue weighted by atomic mass is 10.0. The average Bonchev–Trinajstić information content (AvgIpc) is 3.07. The Morgan fingerprint density at radius 1 is 1.21 bits per heavy atom. The molecule has 3 N–H and O–H groups in total. The summed E-state index contributed by atoms with van der Waals surface area (Å²) in [4.78, 5) is 12.5. The second kappa shape index (κ2) is 7.21. The normalized spacial score (nSPS) is 20.0. The number of ether oxygens (including phenoxy) is 1. The largest absolute Gasteiger partial charge is 0.497 e. The van der Waals surface area contributed by atoms with Gasteiger partial charge in [0.15, 0.2) is 0 Å². The van der Waals surface area contributed by atoms with Gasteiger partial charge in [0, 0.05) is 22.8 Å². The molecule has 2 atom stereocenters. The molecule has 5 nitrogen and oxygen atoms in total. The molecule has 1 amide bonds. The molecule has 1 aliphatic heterocycles. The van der Waals surface area contributed by atoms with E-state index in [1.54, 1.807) is 7.11 Å². The number of hydrazine groups is 1. The lowest BCUT2D eigenvalue weighted by molar-refractivity contribution is -0.117. The summed E-state index contributed by atoms with van der Waals surface area (Å²) in [6.07, 6.45) is 0.663. The molecule has 0 radical (unpaired) electrons. The smallest absolute Gasteiger partial charge is 0.242 e. The van der Waals surface area contributed by atoms with Crippen LogP contribution in [0.25, 0.3) is 0 Å². The number of carbonyl (C=O) groups excluding carboxylic acids is 1. The van der Waals surface area contributed by atoms with Crippen molar-refractivity contribution in [2.24, 2.45) is 0 Å². The summed E-state index contributed by atoms with van der Waals surface area (Å²) >= 11 is 5.92. The lowest BCUT2D eigenvalue weighted by Gasteiger charge is -2.13. The van der Waals surface area contributed by atoms with Gasteiger partial charge in [-0.2, -0.15) is 0 Å². The van der Waals surface area contributed by atoms with Crippen LogP contribution in [0.1, 0.15) is 23.6 Å². The zero-order valence-corrected chi connectivity index (χ0v) is 14.4. The van der Waals surface area contributed by atoms with Crippen molar-refractivity contribution in [2.75, 3.05) is 12.4 Å². The van der Waals surface area contributed by atoms with E-state index < -0.39 is 0 Å². The van der Waals surface area contributed by atoms with E-state index in [9.17, 15) is 4.79 Å². The zero-order valence-electron chi connectivity index (χ0n) is 13.6. The van der Waals surface area contributed by atoms with Gasteiger partial charge in [-0.3, -0.25) is 4.79 Å². The number of aryl methyl sites for hydroxylation is 1. The molecular formula is C18H20ClN3O2. The number of methoxy groups -OCH3 is 1. The van der Waals surface area contributed by atoms with Crippen LogP contribution in [0.3, 0.4) is 0 Å². The maximum Gasteiger partial charge on any atom is 0.242 e. The second-order valence-electron chi connectivity index (χ2n) is 5.85. The summed E-state index contributed by atoms with van der Waals surface area (Å²) in [5.74, 6) is 0.641. The quantitative estimate of drug-likeness (QED) is 0.796. The first-order valence-electron chi connectivity index (χ1n) is 7.79. The van der Waals surface area contributed by atoms with Crippen molar-refractivity contribution in [1.29, 1.82) is 0 Å². The summed E-state index contributed by atoms with van der Waals surface area (Å²) in [6, 6.07) is 13.0. The fourth-order valence-electron chi connectivity index (χ4n) is 2.72. The Kier molecular flexibility index (Phi) is 5.04.